The molecule has 1 aliphatic carbocycles. The molecule has 140 valence electrons. The minimum absolute atomic E-state index is 0.0913. The van der Waals surface area contributed by atoms with Gasteiger partial charge in [0, 0.05) is 22.9 Å². The highest BCUT2D eigenvalue weighted by atomic mass is 35.5. The molecular weight excluding hydrogens is 373 g/mol. The number of oxime groups is 1. The molecule has 0 atom stereocenters. The van der Waals surface area contributed by atoms with Gasteiger partial charge in [-0.1, -0.05) is 61.3 Å². The standard InChI is InChI=1S/C20H23Cl2NO3/c1-4-16(19-17(24)11-20(2,3)12-18(19)25)23-26-9-5-6-13-7-8-14(21)10-15(13)22/h5-8,10,24H,4,9,11-12H2,1-3H3/b6-5+,23-16?. The molecule has 0 amide bonds. The van der Waals surface area contributed by atoms with E-state index in [0.29, 0.717) is 40.6 Å². The maximum atomic E-state index is 12.4. The second kappa shape index (κ2) is 8.74. The molecule has 6 heteroatoms. The summed E-state index contributed by atoms with van der Waals surface area (Å²) in [6.45, 7) is 6.02. The molecule has 0 aromatic heterocycles. The fourth-order valence-corrected chi connectivity index (χ4v) is 3.34. The molecule has 0 fully saturated rings. The Kier molecular flexibility index (Phi) is 6.90. The van der Waals surface area contributed by atoms with Gasteiger partial charge < -0.3 is 9.94 Å². The molecule has 0 radical (unpaired) electrons. The first-order chi connectivity index (χ1) is 12.2. The van der Waals surface area contributed by atoms with E-state index in [0.717, 1.165) is 5.56 Å². The number of nitrogens with zero attached hydrogens (tertiary/aromatic N) is 1. The molecule has 0 saturated carbocycles. The van der Waals surface area contributed by atoms with Crippen LogP contribution in [0.1, 0.15) is 45.6 Å². The minimum Gasteiger partial charge on any atom is -0.511 e. The molecule has 1 N–H and O–H groups in total. The number of ketones is 1. The third-order valence-corrected chi connectivity index (χ3v) is 4.64. The molecule has 0 heterocycles. The van der Waals surface area contributed by atoms with Crippen molar-refractivity contribution in [3.05, 3.63) is 51.2 Å². The zero-order valence-electron chi connectivity index (χ0n) is 15.2. The van der Waals surface area contributed by atoms with Gasteiger partial charge in [0.25, 0.3) is 0 Å². The molecule has 0 aliphatic heterocycles. The first-order valence-corrected chi connectivity index (χ1v) is 9.25. The van der Waals surface area contributed by atoms with E-state index in [4.69, 9.17) is 28.0 Å². The molecular formula is C20H23Cl2NO3. The normalized spacial score (nSPS) is 17.9. The van der Waals surface area contributed by atoms with Gasteiger partial charge in [0.1, 0.15) is 12.4 Å². The lowest BCUT2D eigenvalue weighted by molar-refractivity contribution is -0.118. The van der Waals surface area contributed by atoms with E-state index < -0.39 is 0 Å². The molecule has 2 rings (SSSR count). The Morgan fingerprint density at radius 2 is 2.08 bits per heavy atom. The van der Waals surface area contributed by atoms with E-state index >= 15 is 0 Å². The zero-order chi connectivity index (χ0) is 19.3. The number of Topliss-reactive ketones (excluding diaryl/α,β-unsaturated/α-hetero) is 1. The van der Waals surface area contributed by atoms with Crippen molar-refractivity contribution in [1.29, 1.82) is 0 Å². The number of hydrogen-bond acceptors (Lipinski definition) is 4. The molecule has 1 aromatic rings. The maximum absolute atomic E-state index is 12.4. The highest BCUT2D eigenvalue weighted by Crippen LogP contribution is 2.36. The van der Waals surface area contributed by atoms with Crippen LogP contribution in [-0.2, 0) is 9.63 Å². The first-order valence-electron chi connectivity index (χ1n) is 8.49. The summed E-state index contributed by atoms with van der Waals surface area (Å²) in [5.41, 5.74) is 1.37. The van der Waals surface area contributed by atoms with Crippen LogP contribution in [0.15, 0.2) is 40.8 Å². The summed E-state index contributed by atoms with van der Waals surface area (Å²) in [5, 5.41) is 15.4. The SMILES string of the molecule is CCC(=NOC/C=C/c1ccc(Cl)cc1Cl)C1=C(O)CC(C)(C)CC1=O. The highest BCUT2D eigenvalue weighted by molar-refractivity contribution is 6.35. The van der Waals surface area contributed by atoms with Crippen molar-refractivity contribution in [2.24, 2.45) is 10.6 Å². The predicted molar refractivity (Wildman–Crippen MR) is 107 cm³/mol. The number of aliphatic hydroxyl groups is 1. The van der Waals surface area contributed by atoms with Crippen LogP contribution in [0.3, 0.4) is 0 Å². The van der Waals surface area contributed by atoms with Crippen molar-refractivity contribution in [3.8, 4) is 0 Å². The first kappa shape index (κ1) is 20.5. The fourth-order valence-electron chi connectivity index (χ4n) is 2.87. The quantitative estimate of drug-likeness (QED) is 0.365. The maximum Gasteiger partial charge on any atom is 0.168 e. The number of aliphatic hydroxyl groups excluding tert-OH is 1. The number of allylic oxidation sites excluding steroid dienone is 2. The third kappa shape index (κ3) is 5.36. The Morgan fingerprint density at radius 3 is 2.69 bits per heavy atom. The van der Waals surface area contributed by atoms with E-state index in [1.165, 1.54) is 0 Å². The van der Waals surface area contributed by atoms with Gasteiger partial charge in [0.2, 0.25) is 0 Å². The Balaban J connectivity index is 2.04. The topological polar surface area (TPSA) is 58.9 Å². The van der Waals surface area contributed by atoms with Gasteiger partial charge in [0.05, 0.1) is 11.3 Å². The van der Waals surface area contributed by atoms with Crippen LogP contribution >= 0.6 is 23.2 Å². The molecule has 1 aliphatic rings. The molecule has 4 nitrogen and oxygen atoms in total. The van der Waals surface area contributed by atoms with Crippen LogP contribution in [0, 0.1) is 5.41 Å². The summed E-state index contributed by atoms with van der Waals surface area (Å²) in [6.07, 6.45) is 4.93. The van der Waals surface area contributed by atoms with Crippen molar-refractivity contribution in [1.82, 2.24) is 0 Å². The number of carbonyl (C=O) groups excluding carboxylic acids is 1. The predicted octanol–water partition coefficient (Wildman–Crippen LogP) is 5.99. The lowest BCUT2D eigenvalue weighted by Crippen LogP contribution is -2.29. The van der Waals surface area contributed by atoms with Crippen LogP contribution in [0.4, 0.5) is 0 Å². The summed E-state index contributed by atoms with van der Waals surface area (Å²) in [6, 6.07) is 5.24. The molecule has 0 saturated heterocycles. The monoisotopic (exact) mass is 395 g/mol. The lowest BCUT2D eigenvalue weighted by atomic mass is 9.75. The second-order valence-corrected chi connectivity index (χ2v) is 7.86. The smallest absolute Gasteiger partial charge is 0.168 e. The van der Waals surface area contributed by atoms with Gasteiger partial charge >= 0.3 is 0 Å². The van der Waals surface area contributed by atoms with Crippen molar-refractivity contribution >= 4 is 40.8 Å². The highest BCUT2D eigenvalue weighted by Gasteiger charge is 2.34. The van der Waals surface area contributed by atoms with Gasteiger partial charge in [0.15, 0.2) is 5.78 Å². The summed E-state index contributed by atoms with van der Waals surface area (Å²) < 4.78 is 0. The van der Waals surface area contributed by atoms with Crippen LogP contribution in [0.5, 0.6) is 0 Å². The summed E-state index contributed by atoms with van der Waals surface area (Å²) in [4.78, 5) is 17.7. The number of hydrogen-bond donors (Lipinski definition) is 1. The van der Waals surface area contributed by atoms with Crippen LogP contribution in [-0.4, -0.2) is 23.2 Å². The van der Waals surface area contributed by atoms with Gasteiger partial charge in [-0.2, -0.15) is 0 Å². The van der Waals surface area contributed by atoms with Crippen molar-refractivity contribution < 1.29 is 14.7 Å². The van der Waals surface area contributed by atoms with Gasteiger partial charge in [-0.05, 0) is 35.6 Å². The van der Waals surface area contributed by atoms with E-state index in [1.54, 1.807) is 18.2 Å². The lowest BCUT2D eigenvalue weighted by Gasteiger charge is -2.29. The average Bonchev–Trinajstić information content (AvgIpc) is 2.52. The van der Waals surface area contributed by atoms with Crippen LogP contribution < -0.4 is 0 Å². The van der Waals surface area contributed by atoms with Crippen molar-refractivity contribution in [2.75, 3.05) is 6.61 Å². The third-order valence-electron chi connectivity index (χ3n) is 4.08. The average molecular weight is 396 g/mol. The summed E-state index contributed by atoms with van der Waals surface area (Å²) in [5.74, 6) is 0.00498. The Labute approximate surface area is 164 Å². The zero-order valence-corrected chi connectivity index (χ0v) is 16.7. The van der Waals surface area contributed by atoms with E-state index in [9.17, 15) is 9.90 Å². The molecule has 1 aromatic carbocycles. The second-order valence-electron chi connectivity index (χ2n) is 7.02. The number of benzene rings is 1. The van der Waals surface area contributed by atoms with Gasteiger partial charge in [-0.3, -0.25) is 4.79 Å². The van der Waals surface area contributed by atoms with E-state index in [2.05, 4.69) is 5.16 Å². The fraction of sp³-hybridized carbons (Fsp3) is 0.400. The number of halogens is 2. The summed E-state index contributed by atoms with van der Waals surface area (Å²) in [7, 11) is 0. The van der Waals surface area contributed by atoms with Crippen molar-refractivity contribution in [3.63, 3.8) is 0 Å². The summed E-state index contributed by atoms with van der Waals surface area (Å²) >= 11 is 12.0. The molecule has 26 heavy (non-hydrogen) atoms. The van der Waals surface area contributed by atoms with Gasteiger partial charge in [-0.25, -0.2) is 0 Å². The molecule has 0 unspecified atom stereocenters. The van der Waals surface area contributed by atoms with Crippen LogP contribution in [0.25, 0.3) is 6.08 Å². The Morgan fingerprint density at radius 1 is 1.35 bits per heavy atom. The van der Waals surface area contributed by atoms with E-state index in [1.807, 2.05) is 32.9 Å². The van der Waals surface area contributed by atoms with Crippen LogP contribution in [0.2, 0.25) is 10.0 Å². The molecule has 0 spiro atoms. The van der Waals surface area contributed by atoms with Crippen molar-refractivity contribution in [2.45, 2.75) is 40.0 Å². The minimum atomic E-state index is -0.231. The largest absolute Gasteiger partial charge is 0.511 e. The Hall–Kier alpha value is -1.78. The number of carbonyl (C=O) groups is 1. The van der Waals surface area contributed by atoms with Gasteiger partial charge in [-0.15, -0.1) is 0 Å². The number of rotatable bonds is 6. The molecule has 0 bridgehead atoms. The Bertz CT molecular complexity index is 779. The van der Waals surface area contributed by atoms with E-state index in [-0.39, 0.29) is 23.6 Å².